The fraction of sp³-hybridized carbons (Fsp3) is 0.500. The fourth-order valence-corrected chi connectivity index (χ4v) is 1.39. The molecule has 2 heterocycles. The van der Waals surface area contributed by atoms with Gasteiger partial charge in [0.25, 0.3) is 0 Å². The molecule has 1 aromatic rings. The van der Waals surface area contributed by atoms with E-state index >= 15 is 0 Å². The topological polar surface area (TPSA) is 37.8 Å². The fourth-order valence-electron chi connectivity index (χ4n) is 0.886. The first kappa shape index (κ1) is 6.09. The molecule has 0 amide bonds. The Labute approximate surface area is 62.4 Å². The summed E-state index contributed by atoms with van der Waals surface area (Å²) in [6.07, 6.45) is 3.47. The molecule has 1 fully saturated rings. The van der Waals surface area contributed by atoms with E-state index in [1.807, 2.05) is 11.8 Å². The molecule has 1 aliphatic heterocycles. The van der Waals surface area contributed by atoms with Crippen molar-refractivity contribution in [1.29, 1.82) is 0 Å². The van der Waals surface area contributed by atoms with Gasteiger partial charge < -0.3 is 4.98 Å². The monoisotopic (exact) mass is 156 g/mol. The van der Waals surface area contributed by atoms with Gasteiger partial charge in [-0.2, -0.15) is 11.8 Å². The van der Waals surface area contributed by atoms with Crippen molar-refractivity contribution >= 4 is 11.8 Å². The van der Waals surface area contributed by atoms with Gasteiger partial charge in [-0.15, -0.1) is 0 Å². The quantitative estimate of drug-likeness (QED) is 0.625. The van der Waals surface area contributed by atoms with Crippen LogP contribution < -0.4 is 5.69 Å². The number of nitrogens with zero attached hydrogens (tertiary/aromatic N) is 1. The molecular weight excluding hydrogens is 148 g/mol. The van der Waals surface area contributed by atoms with Gasteiger partial charge in [-0.25, -0.2) is 4.79 Å². The molecule has 0 radical (unpaired) electrons. The van der Waals surface area contributed by atoms with Crippen LogP contribution >= 0.6 is 11.8 Å². The van der Waals surface area contributed by atoms with Crippen molar-refractivity contribution in [1.82, 2.24) is 9.55 Å². The van der Waals surface area contributed by atoms with Gasteiger partial charge in [0, 0.05) is 29.9 Å². The number of hydrogen-bond donors (Lipinski definition) is 1. The van der Waals surface area contributed by atoms with Crippen molar-refractivity contribution in [2.75, 3.05) is 5.75 Å². The molecule has 54 valence electrons. The highest BCUT2D eigenvalue weighted by molar-refractivity contribution is 8.06. The van der Waals surface area contributed by atoms with E-state index in [0.717, 1.165) is 6.54 Å². The van der Waals surface area contributed by atoms with Crippen molar-refractivity contribution in [2.45, 2.75) is 11.8 Å². The zero-order valence-electron chi connectivity index (χ0n) is 5.41. The molecule has 3 nitrogen and oxygen atoms in total. The SMILES string of the molecule is O=c1[nH]ccn1CC1CS1. The normalized spacial score (nSPS) is 23.0. The molecule has 1 atom stereocenters. The van der Waals surface area contributed by atoms with Crippen molar-refractivity contribution in [2.24, 2.45) is 0 Å². The van der Waals surface area contributed by atoms with Crippen LogP contribution in [0.25, 0.3) is 0 Å². The standard InChI is InChI=1S/C6H8N2OS/c9-6-7-1-2-8(6)3-5-4-10-5/h1-2,5H,3-4H2,(H,7,9). The highest BCUT2D eigenvalue weighted by atomic mass is 32.2. The minimum Gasteiger partial charge on any atom is -0.313 e. The zero-order valence-corrected chi connectivity index (χ0v) is 6.23. The van der Waals surface area contributed by atoms with Crippen LogP contribution in [-0.4, -0.2) is 20.6 Å². The van der Waals surface area contributed by atoms with E-state index in [0.29, 0.717) is 5.25 Å². The first-order valence-corrected chi connectivity index (χ1v) is 4.26. The molecule has 0 spiro atoms. The summed E-state index contributed by atoms with van der Waals surface area (Å²) in [5.41, 5.74) is 0.00694. The van der Waals surface area contributed by atoms with Crippen LogP contribution in [-0.2, 0) is 6.54 Å². The lowest BCUT2D eigenvalue weighted by molar-refractivity contribution is 0.695. The Morgan fingerprint density at radius 2 is 2.70 bits per heavy atom. The molecule has 1 aliphatic rings. The maximum atomic E-state index is 10.9. The van der Waals surface area contributed by atoms with Crippen LogP contribution in [0.3, 0.4) is 0 Å². The second-order valence-electron chi connectivity index (χ2n) is 2.37. The molecule has 1 aromatic heterocycles. The number of H-pyrrole nitrogens is 1. The lowest BCUT2D eigenvalue weighted by Crippen LogP contribution is -2.18. The average molecular weight is 156 g/mol. The van der Waals surface area contributed by atoms with Crippen molar-refractivity contribution in [3.05, 3.63) is 22.9 Å². The van der Waals surface area contributed by atoms with Crippen LogP contribution in [0.1, 0.15) is 0 Å². The second-order valence-corrected chi connectivity index (χ2v) is 3.71. The maximum absolute atomic E-state index is 10.9. The third-order valence-corrected chi connectivity index (χ3v) is 2.48. The summed E-state index contributed by atoms with van der Waals surface area (Å²) >= 11 is 1.90. The molecular formula is C6H8N2OS. The Balaban J connectivity index is 2.16. The Kier molecular flexibility index (Phi) is 1.34. The molecule has 1 unspecified atom stereocenters. The first-order chi connectivity index (χ1) is 4.86. The molecule has 4 heteroatoms. The van der Waals surface area contributed by atoms with E-state index in [-0.39, 0.29) is 5.69 Å². The summed E-state index contributed by atoms with van der Waals surface area (Å²) in [7, 11) is 0. The van der Waals surface area contributed by atoms with Gasteiger partial charge in [-0.05, 0) is 0 Å². The van der Waals surface area contributed by atoms with E-state index in [2.05, 4.69) is 4.98 Å². The minimum atomic E-state index is 0.00694. The Morgan fingerprint density at radius 3 is 3.20 bits per heavy atom. The predicted octanol–water partition coefficient (Wildman–Crippen LogP) is 0.292. The number of nitrogens with one attached hydrogen (secondary N) is 1. The number of imidazole rings is 1. The van der Waals surface area contributed by atoms with Gasteiger partial charge in [-0.3, -0.25) is 4.57 Å². The molecule has 10 heavy (non-hydrogen) atoms. The Hall–Kier alpha value is -0.640. The number of hydrogen-bond acceptors (Lipinski definition) is 2. The van der Waals surface area contributed by atoms with E-state index < -0.39 is 0 Å². The molecule has 0 aromatic carbocycles. The average Bonchev–Trinajstić information content (AvgIpc) is 2.62. The molecule has 1 saturated heterocycles. The van der Waals surface area contributed by atoms with Crippen molar-refractivity contribution in [3.63, 3.8) is 0 Å². The highest BCUT2D eigenvalue weighted by Gasteiger charge is 2.22. The highest BCUT2D eigenvalue weighted by Crippen LogP contribution is 2.30. The number of aromatic amines is 1. The summed E-state index contributed by atoms with van der Waals surface area (Å²) < 4.78 is 1.71. The third kappa shape index (κ3) is 1.11. The van der Waals surface area contributed by atoms with E-state index in [1.165, 1.54) is 5.75 Å². The summed E-state index contributed by atoms with van der Waals surface area (Å²) in [5.74, 6) is 1.21. The second kappa shape index (κ2) is 2.20. The first-order valence-electron chi connectivity index (χ1n) is 3.22. The van der Waals surface area contributed by atoms with Gasteiger partial charge in [0.05, 0.1) is 0 Å². The van der Waals surface area contributed by atoms with Crippen LogP contribution in [0.2, 0.25) is 0 Å². The van der Waals surface area contributed by atoms with Crippen molar-refractivity contribution in [3.8, 4) is 0 Å². The van der Waals surface area contributed by atoms with Gasteiger partial charge in [0.15, 0.2) is 0 Å². The number of aromatic nitrogens is 2. The van der Waals surface area contributed by atoms with Crippen LogP contribution in [0.4, 0.5) is 0 Å². The smallest absolute Gasteiger partial charge is 0.313 e. The van der Waals surface area contributed by atoms with E-state index in [1.54, 1.807) is 17.0 Å². The van der Waals surface area contributed by atoms with Gasteiger partial charge in [0.1, 0.15) is 0 Å². The molecule has 0 bridgehead atoms. The number of rotatable bonds is 2. The maximum Gasteiger partial charge on any atom is 0.325 e. The van der Waals surface area contributed by atoms with Gasteiger partial charge in [0.2, 0.25) is 0 Å². The molecule has 0 aliphatic carbocycles. The van der Waals surface area contributed by atoms with Crippen LogP contribution in [0, 0.1) is 0 Å². The van der Waals surface area contributed by atoms with E-state index in [4.69, 9.17) is 0 Å². The van der Waals surface area contributed by atoms with Crippen molar-refractivity contribution < 1.29 is 0 Å². The van der Waals surface area contributed by atoms with Gasteiger partial charge in [-0.1, -0.05) is 0 Å². The summed E-state index contributed by atoms with van der Waals surface area (Å²) in [6.45, 7) is 0.868. The molecule has 1 N–H and O–H groups in total. The Bertz CT molecular complexity index is 273. The molecule has 0 saturated carbocycles. The lowest BCUT2D eigenvalue weighted by Gasteiger charge is -1.93. The zero-order chi connectivity index (χ0) is 6.97. The summed E-state index contributed by atoms with van der Waals surface area (Å²) in [4.78, 5) is 13.5. The van der Waals surface area contributed by atoms with Gasteiger partial charge >= 0.3 is 5.69 Å². The summed E-state index contributed by atoms with van der Waals surface area (Å²) in [5, 5.41) is 0.688. The van der Waals surface area contributed by atoms with Crippen LogP contribution in [0.5, 0.6) is 0 Å². The third-order valence-electron chi connectivity index (χ3n) is 1.52. The molecule has 2 rings (SSSR count). The number of thioether (sulfide) groups is 1. The minimum absolute atomic E-state index is 0.00694. The predicted molar refractivity (Wildman–Crippen MR) is 41.3 cm³/mol. The van der Waals surface area contributed by atoms with E-state index in [9.17, 15) is 4.79 Å². The summed E-state index contributed by atoms with van der Waals surface area (Å²) in [6, 6.07) is 0. The lowest BCUT2D eigenvalue weighted by atomic mass is 10.5. The Morgan fingerprint density at radius 1 is 1.90 bits per heavy atom. The van der Waals surface area contributed by atoms with Crippen LogP contribution in [0.15, 0.2) is 17.2 Å². The largest absolute Gasteiger partial charge is 0.325 e.